The lowest BCUT2D eigenvalue weighted by Gasteiger charge is -2.38. The molecule has 8 rings (SSSR count). The van der Waals surface area contributed by atoms with Crippen LogP contribution in [0.4, 0.5) is 17.2 Å². The summed E-state index contributed by atoms with van der Waals surface area (Å²) in [5.74, 6) is -1.04. The lowest BCUT2D eigenvalue weighted by atomic mass is 9.63. The third-order valence-electron chi connectivity index (χ3n) is 8.27. The summed E-state index contributed by atoms with van der Waals surface area (Å²) in [5.41, 5.74) is 1.65. The smallest absolute Gasteiger partial charge is 0.269 e. The predicted molar refractivity (Wildman–Crippen MR) is 157 cm³/mol. The summed E-state index contributed by atoms with van der Waals surface area (Å²) in [6.45, 7) is 0. The van der Waals surface area contributed by atoms with Gasteiger partial charge in [0.05, 0.1) is 27.6 Å². The highest BCUT2D eigenvalue weighted by Crippen LogP contribution is 2.57. The van der Waals surface area contributed by atoms with Gasteiger partial charge in [-0.15, -0.1) is 0 Å². The van der Waals surface area contributed by atoms with Crippen LogP contribution >= 0.6 is 0 Å². The fourth-order valence-corrected chi connectivity index (χ4v) is 6.44. The largest absolute Gasteiger partial charge is 0.336 e. The Morgan fingerprint density at radius 2 is 1.40 bits per heavy atom. The highest BCUT2D eigenvalue weighted by molar-refractivity contribution is 6.33. The number of carbonyl (C=O) groups excluding carboxylic acids is 3. The molecule has 4 aromatic carbocycles. The number of anilines is 2. The monoisotopic (exact) mass is 565 g/mol. The van der Waals surface area contributed by atoms with Crippen LogP contribution in [0, 0.1) is 10.1 Å². The molecule has 0 fully saturated rings. The van der Waals surface area contributed by atoms with Crippen LogP contribution in [-0.4, -0.2) is 32.2 Å². The lowest BCUT2D eigenvalue weighted by molar-refractivity contribution is -0.384. The molecule has 0 radical (unpaired) electrons. The predicted octanol–water partition coefficient (Wildman–Crippen LogP) is 5.44. The molecule has 1 spiro atoms. The summed E-state index contributed by atoms with van der Waals surface area (Å²) in [5, 5.41) is 22.5. The van der Waals surface area contributed by atoms with Crippen molar-refractivity contribution in [1.29, 1.82) is 0 Å². The third-order valence-corrected chi connectivity index (χ3v) is 8.27. The molecule has 0 saturated heterocycles. The van der Waals surface area contributed by atoms with Gasteiger partial charge >= 0.3 is 0 Å². The number of nitrogens with one attached hydrogen (secondary N) is 2. The number of nitro benzene ring substituents is 1. The topological polar surface area (TPSA) is 136 Å². The minimum absolute atomic E-state index is 0.00859. The van der Waals surface area contributed by atoms with Gasteiger partial charge in [0.1, 0.15) is 11.2 Å². The zero-order valence-corrected chi connectivity index (χ0v) is 22.2. The molecule has 10 heteroatoms. The number of fused-ring (bicyclic) bond motifs is 6. The van der Waals surface area contributed by atoms with Crippen molar-refractivity contribution in [3.63, 3.8) is 0 Å². The molecule has 43 heavy (non-hydrogen) atoms. The molecule has 1 amide bonds. The molecule has 1 aliphatic carbocycles. The summed E-state index contributed by atoms with van der Waals surface area (Å²) in [6, 6.07) is 28.7. The number of aromatic nitrogens is 2. The Kier molecular flexibility index (Phi) is 4.96. The molecule has 5 aromatic rings. The van der Waals surface area contributed by atoms with Gasteiger partial charge in [0.15, 0.2) is 5.78 Å². The number of hydrogen-bond acceptors (Lipinski definition) is 7. The first-order valence-corrected chi connectivity index (χ1v) is 13.5. The average molecular weight is 566 g/mol. The highest BCUT2D eigenvalue weighted by Gasteiger charge is 2.61. The van der Waals surface area contributed by atoms with Crippen molar-refractivity contribution in [3.8, 4) is 16.9 Å². The summed E-state index contributed by atoms with van der Waals surface area (Å²) in [6.07, 6.45) is 0. The van der Waals surface area contributed by atoms with E-state index in [9.17, 15) is 24.5 Å². The van der Waals surface area contributed by atoms with Crippen molar-refractivity contribution in [1.82, 2.24) is 9.78 Å². The number of allylic oxidation sites excluding steroid dienone is 1. The molecule has 2 N–H and O–H groups in total. The molecule has 0 saturated carbocycles. The fraction of sp³-hybridized carbons (Fsp3) is 0.0303. The standard InChI is InChI=1S/C33H19N5O5/c39-29-21-10-4-5-11-22(21)30(40)28-25(29)33(23-12-6-7-13-24(23)34-32(33)41)26-27(18-8-2-1-3-9-18)36-37(31(26)35-28)19-14-16-20(17-15-19)38(42)43/h1-17,35H,(H,34,41). The molecule has 3 aliphatic rings. The maximum atomic E-state index is 14.5. The molecule has 2 aliphatic heterocycles. The zero-order valence-electron chi connectivity index (χ0n) is 22.2. The van der Waals surface area contributed by atoms with Crippen molar-refractivity contribution in [2.45, 2.75) is 5.41 Å². The van der Waals surface area contributed by atoms with Crippen LogP contribution in [0.2, 0.25) is 0 Å². The molecular formula is C33H19N5O5. The van der Waals surface area contributed by atoms with E-state index in [0.29, 0.717) is 39.6 Å². The second-order valence-corrected chi connectivity index (χ2v) is 10.5. The van der Waals surface area contributed by atoms with Crippen molar-refractivity contribution in [2.24, 2.45) is 0 Å². The average Bonchev–Trinajstić information content (AvgIpc) is 3.56. The quantitative estimate of drug-likeness (QED) is 0.219. The van der Waals surface area contributed by atoms with Gasteiger partial charge in [-0.2, -0.15) is 5.10 Å². The molecule has 1 aromatic heterocycles. The Bertz CT molecular complexity index is 2110. The van der Waals surface area contributed by atoms with Crippen LogP contribution in [0.15, 0.2) is 114 Å². The number of amides is 1. The van der Waals surface area contributed by atoms with Crippen LogP contribution in [0.5, 0.6) is 0 Å². The van der Waals surface area contributed by atoms with Crippen molar-refractivity contribution in [3.05, 3.63) is 147 Å². The number of benzene rings is 4. The zero-order chi connectivity index (χ0) is 29.5. The number of non-ortho nitro benzene ring substituents is 1. The first-order chi connectivity index (χ1) is 20.9. The van der Waals surface area contributed by atoms with Gasteiger partial charge in [-0.25, -0.2) is 4.68 Å². The van der Waals surface area contributed by atoms with E-state index >= 15 is 0 Å². The van der Waals surface area contributed by atoms with Gasteiger partial charge in [-0.1, -0.05) is 72.8 Å². The first-order valence-electron chi connectivity index (χ1n) is 13.5. The second kappa shape index (κ2) is 8.67. The SMILES string of the molecule is O=C1C2=C(C(=O)c3ccccc31)C1(C(=O)Nc3ccccc31)c1c(-c3ccccc3)nn(-c3ccc([N+](=O)[O-])cc3)c1N2. The molecule has 0 bridgehead atoms. The molecule has 3 heterocycles. The van der Waals surface area contributed by atoms with E-state index in [1.54, 1.807) is 60.7 Å². The Hall–Kier alpha value is -6.16. The van der Waals surface area contributed by atoms with Crippen molar-refractivity contribution < 1.29 is 19.3 Å². The number of nitrogens with zero attached hydrogens (tertiary/aromatic N) is 3. The summed E-state index contributed by atoms with van der Waals surface area (Å²) in [4.78, 5) is 53.9. The first kappa shape index (κ1) is 24.6. The summed E-state index contributed by atoms with van der Waals surface area (Å²) in [7, 11) is 0. The van der Waals surface area contributed by atoms with Crippen molar-refractivity contribution in [2.75, 3.05) is 10.6 Å². The van der Waals surface area contributed by atoms with Crippen LogP contribution < -0.4 is 10.6 Å². The molecule has 206 valence electrons. The van der Waals surface area contributed by atoms with E-state index in [0.717, 1.165) is 0 Å². The number of rotatable bonds is 3. The van der Waals surface area contributed by atoms with Gasteiger partial charge in [-0.3, -0.25) is 24.5 Å². The van der Waals surface area contributed by atoms with E-state index in [4.69, 9.17) is 5.10 Å². The van der Waals surface area contributed by atoms with E-state index < -0.39 is 27.8 Å². The number of nitro groups is 1. The van der Waals surface area contributed by atoms with Crippen LogP contribution in [0.25, 0.3) is 16.9 Å². The number of ketones is 2. The van der Waals surface area contributed by atoms with E-state index in [1.165, 1.54) is 16.8 Å². The van der Waals surface area contributed by atoms with Crippen molar-refractivity contribution >= 4 is 34.7 Å². The minimum atomic E-state index is -1.73. The number of para-hydroxylation sites is 1. The Balaban J connectivity index is 1.51. The van der Waals surface area contributed by atoms with E-state index in [-0.39, 0.29) is 28.1 Å². The second-order valence-electron chi connectivity index (χ2n) is 10.5. The summed E-state index contributed by atoms with van der Waals surface area (Å²) < 4.78 is 1.53. The van der Waals surface area contributed by atoms with Gasteiger partial charge in [0.2, 0.25) is 11.7 Å². The maximum Gasteiger partial charge on any atom is 0.269 e. The summed E-state index contributed by atoms with van der Waals surface area (Å²) >= 11 is 0. The van der Waals surface area contributed by atoms with Gasteiger partial charge in [-0.05, 0) is 18.2 Å². The molecule has 1 unspecified atom stereocenters. The Morgan fingerprint density at radius 3 is 2.12 bits per heavy atom. The van der Waals surface area contributed by atoms with Gasteiger partial charge in [0, 0.05) is 45.6 Å². The van der Waals surface area contributed by atoms with Crippen LogP contribution in [0.3, 0.4) is 0 Å². The minimum Gasteiger partial charge on any atom is -0.336 e. The Morgan fingerprint density at radius 1 is 0.744 bits per heavy atom. The van der Waals surface area contributed by atoms with E-state index in [1.807, 2.05) is 30.3 Å². The van der Waals surface area contributed by atoms with Crippen LogP contribution in [0.1, 0.15) is 31.8 Å². The Labute approximate surface area is 243 Å². The molecular weight excluding hydrogens is 546 g/mol. The van der Waals surface area contributed by atoms with Gasteiger partial charge < -0.3 is 10.6 Å². The van der Waals surface area contributed by atoms with E-state index in [2.05, 4.69) is 10.6 Å². The van der Waals surface area contributed by atoms with Crippen LogP contribution in [-0.2, 0) is 10.2 Å². The maximum absolute atomic E-state index is 14.5. The fourth-order valence-electron chi connectivity index (χ4n) is 6.44. The lowest BCUT2D eigenvalue weighted by Crippen LogP contribution is -2.47. The normalized spacial score (nSPS) is 18.0. The molecule has 1 atom stereocenters. The number of hydrogen-bond donors (Lipinski definition) is 2. The third kappa shape index (κ3) is 3.17. The number of carbonyl (C=O) groups is 3. The van der Waals surface area contributed by atoms with Gasteiger partial charge in [0.25, 0.3) is 5.69 Å². The molecule has 10 nitrogen and oxygen atoms in total. The number of Topliss-reactive ketones (excluding diaryl/α,β-unsaturated/α-hetero) is 2. The highest BCUT2D eigenvalue weighted by atomic mass is 16.6.